The van der Waals surface area contributed by atoms with E-state index < -0.39 is 5.91 Å². The van der Waals surface area contributed by atoms with Crippen molar-refractivity contribution in [3.63, 3.8) is 0 Å². The number of aromatic nitrogens is 2. The van der Waals surface area contributed by atoms with Gasteiger partial charge in [-0.3, -0.25) is 19.5 Å². The first-order chi connectivity index (χ1) is 16.0. The van der Waals surface area contributed by atoms with E-state index in [0.29, 0.717) is 35.0 Å². The van der Waals surface area contributed by atoms with Gasteiger partial charge in [0.2, 0.25) is 0 Å². The van der Waals surface area contributed by atoms with E-state index in [2.05, 4.69) is 44.5 Å². The van der Waals surface area contributed by atoms with Crippen molar-refractivity contribution in [2.24, 2.45) is 17.4 Å². The molecule has 1 saturated heterocycles. The Morgan fingerprint density at radius 1 is 1.12 bits per heavy atom. The molecule has 2 amide bonds. The molecule has 1 aliphatic heterocycles. The van der Waals surface area contributed by atoms with Gasteiger partial charge in [0.1, 0.15) is 0 Å². The first-order valence-electron chi connectivity index (χ1n) is 11.0. The summed E-state index contributed by atoms with van der Waals surface area (Å²) in [6.45, 7) is 3.63. The van der Waals surface area contributed by atoms with Crippen LogP contribution < -0.4 is 16.8 Å². The van der Waals surface area contributed by atoms with Crippen LogP contribution in [-0.2, 0) is 13.1 Å². The van der Waals surface area contributed by atoms with Crippen LogP contribution in [0, 0.1) is 5.92 Å². The zero-order chi connectivity index (χ0) is 23.2. The standard InChI is InChI=1S/C25H28N6O2/c26-12-21-23(24(27)32)30-22(14-28-21)19-7-4-8-20(11-19)25(33)29-13-18-9-10-31(16-18)15-17-5-2-1-3-6-17/h1-8,11,14,18H,9-10,12-13,15-16,26H2,(H2,27,32)(H,29,33). The van der Waals surface area contributed by atoms with Crippen LogP contribution in [0.1, 0.15) is 38.5 Å². The fourth-order valence-corrected chi connectivity index (χ4v) is 4.12. The van der Waals surface area contributed by atoms with E-state index >= 15 is 0 Å². The molecule has 0 spiro atoms. The molecule has 0 bridgehead atoms. The molecule has 2 heterocycles. The van der Waals surface area contributed by atoms with E-state index in [4.69, 9.17) is 11.5 Å². The fourth-order valence-electron chi connectivity index (χ4n) is 4.12. The summed E-state index contributed by atoms with van der Waals surface area (Å²) >= 11 is 0. The zero-order valence-electron chi connectivity index (χ0n) is 18.4. The van der Waals surface area contributed by atoms with Crippen molar-refractivity contribution in [3.05, 3.63) is 83.3 Å². The number of rotatable bonds is 8. The summed E-state index contributed by atoms with van der Waals surface area (Å²) in [6.07, 6.45) is 2.59. The molecular formula is C25H28N6O2. The number of nitrogens with zero attached hydrogens (tertiary/aromatic N) is 3. The van der Waals surface area contributed by atoms with Crippen molar-refractivity contribution in [2.45, 2.75) is 19.5 Å². The molecule has 1 fully saturated rings. The Labute approximate surface area is 193 Å². The van der Waals surface area contributed by atoms with E-state index in [9.17, 15) is 9.59 Å². The first-order valence-corrected chi connectivity index (χ1v) is 11.0. The summed E-state index contributed by atoms with van der Waals surface area (Å²) in [5, 5.41) is 3.06. The van der Waals surface area contributed by atoms with E-state index in [-0.39, 0.29) is 18.1 Å². The topological polar surface area (TPSA) is 127 Å². The van der Waals surface area contributed by atoms with Crippen LogP contribution in [0.2, 0.25) is 0 Å². The van der Waals surface area contributed by atoms with Crippen LogP contribution in [0.3, 0.4) is 0 Å². The van der Waals surface area contributed by atoms with Crippen molar-refractivity contribution in [2.75, 3.05) is 19.6 Å². The zero-order valence-corrected chi connectivity index (χ0v) is 18.4. The molecule has 8 nitrogen and oxygen atoms in total. The van der Waals surface area contributed by atoms with Crippen LogP contribution >= 0.6 is 0 Å². The van der Waals surface area contributed by atoms with Gasteiger partial charge in [-0.2, -0.15) is 0 Å². The third-order valence-electron chi connectivity index (χ3n) is 5.87. The lowest BCUT2D eigenvalue weighted by molar-refractivity contribution is 0.0946. The second-order valence-electron chi connectivity index (χ2n) is 8.29. The molecule has 1 unspecified atom stereocenters. The summed E-state index contributed by atoms with van der Waals surface area (Å²) in [7, 11) is 0. The van der Waals surface area contributed by atoms with Gasteiger partial charge in [-0.25, -0.2) is 4.98 Å². The largest absolute Gasteiger partial charge is 0.364 e. The minimum Gasteiger partial charge on any atom is -0.364 e. The number of nitrogens with two attached hydrogens (primary N) is 2. The van der Waals surface area contributed by atoms with Gasteiger partial charge in [0.15, 0.2) is 5.69 Å². The highest BCUT2D eigenvalue weighted by molar-refractivity contribution is 5.95. The molecule has 170 valence electrons. The maximum absolute atomic E-state index is 12.8. The maximum atomic E-state index is 12.8. The number of nitrogens with one attached hydrogen (secondary N) is 1. The highest BCUT2D eigenvalue weighted by Gasteiger charge is 2.23. The van der Waals surface area contributed by atoms with Crippen molar-refractivity contribution in [1.82, 2.24) is 20.2 Å². The molecule has 1 aliphatic rings. The van der Waals surface area contributed by atoms with Gasteiger partial charge in [0.25, 0.3) is 11.8 Å². The Balaban J connectivity index is 1.37. The number of hydrogen-bond acceptors (Lipinski definition) is 6. The van der Waals surface area contributed by atoms with E-state index in [0.717, 1.165) is 26.1 Å². The third kappa shape index (κ3) is 5.60. The molecule has 1 aromatic heterocycles. The summed E-state index contributed by atoms with van der Waals surface area (Å²) in [6, 6.07) is 17.5. The molecule has 0 saturated carbocycles. The van der Waals surface area contributed by atoms with Crippen LogP contribution in [0.25, 0.3) is 11.3 Å². The Morgan fingerprint density at radius 3 is 2.70 bits per heavy atom. The van der Waals surface area contributed by atoms with Crippen molar-refractivity contribution in [3.8, 4) is 11.3 Å². The Hall–Kier alpha value is -3.62. The van der Waals surface area contributed by atoms with Gasteiger partial charge in [-0.1, -0.05) is 42.5 Å². The number of carbonyl (C=O) groups excluding carboxylic acids is 2. The quantitative estimate of drug-likeness (QED) is 0.487. The maximum Gasteiger partial charge on any atom is 0.269 e. The molecular weight excluding hydrogens is 416 g/mol. The van der Waals surface area contributed by atoms with E-state index in [1.54, 1.807) is 18.2 Å². The predicted octanol–water partition coefficient (Wildman–Crippen LogP) is 1.95. The van der Waals surface area contributed by atoms with Gasteiger partial charge in [0.05, 0.1) is 17.6 Å². The molecule has 1 atom stereocenters. The average Bonchev–Trinajstić information content (AvgIpc) is 3.30. The molecule has 5 N–H and O–H groups in total. The number of carbonyl (C=O) groups is 2. The van der Waals surface area contributed by atoms with Crippen molar-refractivity contribution < 1.29 is 9.59 Å². The molecule has 0 radical (unpaired) electrons. The average molecular weight is 445 g/mol. The Morgan fingerprint density at radius 2 is 1.94 bits per heavy atom. The fraction of sp³-hybridized carbons (Fsp3) is 0.280. The van der Waals surface area contributed by atoms with Gasteiger partial charge in [-0.05, 0) is 36.6 Å². The van der Waals surface area contributed by atoms with Crippen molar-refractivity contribution >= 4 is 11.8 Å². The number of likely N-dealkylation sites (tertiary alicyclic amines) is 1. The van der Waals surface area contributed by atoms with Crippen LogP contribution in [-0.4, -0.2) is 46.3 Å². The normalized spacial score (nSPS) is 16.0. The molecule has 3 aromatic rings. The smallest absolute Gasteiger partial charge is 0.269 e. The summed E-state index contributed by atoms with van der Waals surface area (Å²) < 4.78 is 0. The van der Waals surface area contributed by atoms with Crippen LogP contribution in [0.4, 0.5) is 0 Å². The van der Waals surface area contributed by atoms with Crippen molar-refractivity contribution in [1.29, 1.82) is 0 Å². The monoisotopic (exact) mass is 444 g/mol. The minimum absolute atomic E-state index is 0.0474. The molecule has 8 heteroatoms. The number of hydrogen-bond donors (Lipinski definition) is 3. The Kier molecular flexibility index (Phi) is 7.07. The number of benzene rings is 2. The predicted molar refractivity (Wildman–Crippen MR) is 126 cm³/mol. The molecule has 33 heavy (non-hydrogen) atoms. The summed E-state index contributed by atoms with van der Waals surface area (Å²) in [5.41, 5.74) is 14.4. The van der Waals surface area contributed by atoms with E-state index in [1.807, 2.05) is 12.1 Å². The third-order valence-corrected chi connectivity index (χ3v) is 5.87. The number of primary amides is 1. The first kappa shape index (κ1) is 22.6. The molecule has 2 aromatic carbocycles. The lowest BCUT2D eigenvalue weighted by atomic mass is 10.1. The molecule has 0 aliphatic carbocycles. The molecule has 4 rings (SSSR count). The Bertz CT molecular complexity index is 1130. The highest BCUT2D eigenvalue weighted by atomic mass is 16.2. The summed E-state index contributed by atoms with van der Waals surface area (Å²) in [5.74, 6) is -0.398. The van der Waals surface area contributed by atoms with Gasteiger partial charge in [0, 0.05) is 37.3 Å². The van der Waals surface area contributed by atoms with E-state index in [1.165, 1.54) is 11.8 Å². The second-order valence-corrected chi connectivity index (χ2v) is 8.29. The number of amides is 2. The SMILES string of the molecule is NCc1ncc(-c2cccc(C(=O)NCC3CCN(Cc4ccccc4)C3)c2)nc1C(N)=O. The minimum atomic E-state index is -0.684. The van der Waals surface area contributed by atoms with Gasteiger partial charge >= 0.3 is 0 Å². The summed E-state index contributed by atoms with van der Waals surface area (Å²) in [4.78, 5) is 35.4. The lowest BCUT2D eigenvalue weighted by Crippen LogP contribution is -2.31. The van der Waals surface area contributed by atoms with Gasteiger partial charge in [-0.15, -0.1) is 0 Å². The highest BCUT2D eigenvalue weighted by Crippen LogP contribution is 2.20. The second kappa shape index (κ2) is 10.3. The van der Waals surface area contributed by atoms with Gasteiger partial charge < -0.3 is 16.8 Å². The van der Waals surface area contributed by atoms with Crippen LogP contribution in [0.15, 0.2) is 60.8 Å². The lowest BCUT2D eigenvalue weighted by Gasteiger charge is -2.16. The van der Waals surface area contributed by atoms with Crippen LogP contribution in [0.5, 0.6) is 0 Å².